The predicted octanol–water partition coefficient (Wildman–Crippen LogP) is 3.82. The van der Waals surface area contributed by atoms with E-state index in [9.17, 15) is 4.79 Å². The van der Waals surface area contributed by atoms with E-state index in [0.717, 1.165) is 17.2 Å². The molecule has 1 amide bonds. The zero-order chi connectivity index (χ0) is 15.2. The Kier molecular flexibility index (Phi) is 5.97. The van der Waals surface area contributed by atoms with Crippen LogP contribution in [-0.4, -0.2) is 35.8 Å². The van der Waals surface area contributed by atoms with Gasteiger partial charge < -0.3 is 9.64 Å². The van der Waals surface area contributed by atoms with Crippen LogP contribution in [-0.2, 0) is 4.79 Å². The fourth-order valence-corrected chi connectivity index (χ4v) is 3.05. The van der Waals surface area contributed by atoms with E-state index < -0.39 is 0 Å². The van der Waals surface area contributed by atoms with Gasteiger partial charge in [0.2, 0.25) is 5.91 Å². The highest BCUT2D eigenvalue weighted by Crippen LogP contribution is 2.29. The molecule has 1 aromatic rings. The SMILES string of the molecule is CCOc1ccc(SCC(=O)N(CC(C)C)C2CC2)cc1. The van der Waals surface area contributed by atoms with E-state index in [2.05, 4.69) is 18.7 Å². The Morgan fingerprint density at radius 3 is 2.52 bits per heavy atom. The Morgan fingerprint density at radius 2 is 2.00 bits per heavy atom. The Labute approximate surface area is 132 Å². The molecule has 0 unspecified atom stereocenters. The average molecular weight is 307 g/mol. The first-order chi connectivity index (χ1) is 10.1. The van der Waals surface area contributed by atoms with Crippen molar-refractivity contribution in [1.29, 1.82) is 0 Å². The molecule has 0 N–H and O–H groups in total. The van der Waals surface area contributed by atoms with E-state index in [1.807, 2.05) is 31.2 Å². The lowest BCUT2D eigenvalue weighted by molar-refractivity contribution is -0.129. The van der Waals surface area contributed by atoms with Gasteiger partial charge in [-0.2, -0.15) is 0 Å². The predicted molar refractivity (Wildman–Crippen MR) is 87.9 cm³/mol. The fourth-order valence-electron chi connectivity index (χ4n) is 2.26. The number of hydrogen-bond donors (Lipinski definition) is 0. The smallest absolute Gasteiger partial charge is 0.233 e. The molecule has 1 aliphatic carbocycles. The number of benzene rings is 1. The highest BCUT2D eigenvalue weighted by molar-refractivity contribution is 8.00. The summed E-state index contributed by atoms with van der Waals surface area (Å²) in [6, 6.07) is 8.46. The van der Waals surface area contributed by atoms with Crippen molar-refractivity contribution in [3.8, 4) is 5.75 Å². The van der Waals surface area contributed by atoms with E-state index >= 15 is 0 Å². The molecule has 116 valence electrons. The Balaban J connectivity index is 1.84. The summed E-state index contributed by atoms with van der Waals surface area (Å²) in [7, 11) is 0. The van der Waals surface area contributed by atoms with Crippen LogP contribution in [0.5, 0.6) is 5.75 Å². The molecule has 3 nitrogen and oxygen atoms in total. The molecule has 0 bridgehead atoms. The summed E-state index contributed by atoms with van der Waals surface area (Å²) < 4.78 is 5.42. The number of amides is 1. The van der Waals surface area contributed by atoms with Crippen molar-refractivity contribution in [2.75, 3.05) is 18.9 Å². The van der Waals surface area contributed by atoms with Crippen LogP contribution in [0.1, 0.15) is 33.6 Å². The lowest BCUT2D eigenvalue weighted by Gasteiger charge is -2.24. The third-order valence-corrected chi connectivity index (χ3v) is 4.36. The van der Waals surface area contributed by atoms with Gasteiger partial charge in [0.15, 0.2) is 0 Å². The molecular weight excluding hydrogens is 282 g/mol. The third kappa shape index (κ3) is 5.27. The van der Waals surface area contributed by atoms with Gasteiger partial charge in [0.25, 0.3) is 0 Å². The van der Waals surface area contributed by atoms with Crippen LogP contribution in [0.15, 0.2) is 29.2 Å². The van der Waals surface area contributed by atoms with Crippen molar-refractivity contribution in [1.82, 2.24) is 4.90 Å². The highest BCUT2D eigenvalue weighted by atomic mass is 32.2. The first-order valence-corrected chi connectivity index (χ1v) is 8.73. The van der Waals surface area contributed by atoms with Gasteiger partial charge in [0.05, 0.1) is 12.4 Å². The lowest BCUT2D eigenvalue weighted by Crippen LogP contribution is -2.37. The molecule has 0 aliphatic heterocycles. The van der Waals surface area contributed by atoms with Gasteiger partial charge in [-0.3, -0.25) is 4.79 Å². The van der Waals surface area contributed by atoms with Crippen molar-refractivity contribution in [2.45, 2.75) is 44.6 Å². The number of ether oxygens (including phenoxy) is 1. The number of rotatable bonds is 8. The number of carbonyl (C=O) groups excluding carboxylic acids is 1. The summed E-state index contributed by atoms with van der Waals surface area (Å²) in [6.45, 7) is 7.87. The maximum Gasteiger partial charge on any atom is 0.233 e. The summed E-state index contributed by atoms with van der Waals surface area (Å²) in [6.07, 6.45) is 2.35. The topological polar surface area (TPSA) is 29.5 Å². The largest absolute Gasteiger partial charge is 0.494 e. The van der Waals surface area contributed by atoms with E-state index in [4.69, 9.17) is 4.74 Å². The number of hydrogen-bond acceptors (Lipinski definition) is 3. The monoisotopic (exact) mass is 307 g/mol. The molecule has 0 aromatic heterocycles. The first kappa shape index (κ1) is 16.2. The molecule has 4 heteroatoms. The van der Waals surface area contributed by atoms with Crippen LogP contribution in [0, 0.1) is 5.92 Å². The second-order valence-corrected chi connectivity index (χ2v) is 6.91. The van der Waals surface area contributed by atoms with Gasteiger partial charge in [-0.05, 0) is 49.9 Å². The Hall–Kier alpha value is -1.16. The molecule has 0 heterocycles. The van der Waals surface area contributed by atoms with Gasteiger partial charge in [-0.1, -0.05) is 13.8 Å². The zero-order valence-electron chi connectivity index (χ0n) is 13.2. The third-order valence-electron chi connectivity index (χ3n) is 3.37. The second kappa shape index (κ2) is 7.74. The molecule has 0 atom stereocenters. The van der Waals surface area contributed by atoms with Crippen molar-refractivity contribution in [3.63, 3.8) is 0 Å². The van der Waals surface area contributed by atoms with Gasteiger partial charge in [0, 0.05) is 17.5 Å². The molecule has 0 radical (unpaired) electrons. The number of nitrogens with zero attached hydrogens (tertiary/aromatic N) is 1. The van der Waals surface area contributed by atoms with E-state index in [-0.39, 0.29) is 5.91 Å². The van der Waals surface area contributed by atoms with E-state index in [0.29, 0.717) is 24.3 Å². The fraction of sp³-hybridized carbons (Fsp3) is 0.588. The lowest BCUT2D eigenvalue weighted by atomic mass is 10.2. The van der Waals surface area contributed by atoms with Crippen LogP contribution in [0.3, 0.4) is 0 Å². The number of thioether (sulfide) groups is 1. The van der Waals surface area contributed by atoms with Crippen LogP contribution < -0.4 is 4.74 Å². The van der Waals surface area contributed by atoms with E-state index in [1.54, 1.807) is 11.8 Å². The maximum absolute atomic E-state index is 12.4. The standard InChI is InChI=1S/C17H25NO2S/c1-4-20-15-7-9-16(10-8-15)21-12-17(19)18(11-13(2)3)14-5-6-14/h7-10,13-14H,4-6,11-12H2,1-3H3. The summed E-state index contributed by atoms with van der Waals surface area (Å²) >= 11 is 1.61. The minimum atomic E-state index is 0.269. The zero-order valence-corrected chi connectivity index (χ0v) is 14.0. The second-order valence-electron chi connectivity index (χ2n) is 5.86. The maximum atomic E-state index is 12.4. The Bertz CT molecular complexity index is 454. The van der Waals surface area contributed by atoms with Crippen LogP contribution in [0.2, 0.25) is 0 Å². The van der Waals surface area contributed by atoms with Crippen LogP contribution >= 0.6 is 11.8 Å². The summed E-state index contributed by atoms with van der Waals surface area (Å²) in [5.41, 5.74) is 0. The summed E-state index contributed by atoms with van der Waals surface area (Å²) in [4.78, 5) is 15.6. The minimum Gasteiger partial charge on any atom is -0.494 e. The van der Waals surface area contributed by atoms with Gasteiger partial charge in [-0.25, -0.2) is 0 Å². The van der Waals surface area contributed by atoms with Crippen LogP contribution in [0.4, 0.5) is 0 Å². The molecule has 0 saturated heterocycles. The molecule has 2 rings (SSSR count). The molecule has 1 aromatic carbocycles. The summed E-state index contributed by atoms with van der Waals surface area (Å²) in [5.74, 6) is 2.21. The Morgan fingerprint density at radius 1 is 1.33 bits per heavy atom. The molecule has 1 saturated carbocycles. The molecule has 1 aliphatic rings. The first-order valence-electron chi connectivity index (χ1n) is 7.75. The quantitative estimate of drug-likeness (QED) is 0.684. The van der Waals surface area contributed by atoms with Gasteiger partial charge >= 0.3 is 0 Å². The van der Waals surface area contributed by atoms with Crippen molar-refractivity contribution < 1.29 is 9.53 Å². The van der Waals surface area contributed by atoms with Gasteiger partial charge in [0.1, 0.15) is 5.75 Å². The highest BCUT2D eigenvalue weighted by Gasteiger charge is 2.32. The summed E-state index contributed by atoms with van der Waals surface area (Å²) in [5, 5.41) is 0. The van der Waals surface area contributed by atoms with Gasteiger partial charge in [-0.15, -0.1) is 11.8 Å². The van der Waals surface area contributed by atoms with Crippen molar-refractivity contribution in [3.05, 3.63) is 24.3 Å². The van der Waals surface area contributed by atoms with E-state index in [1.165, 1.54) is 12.8 Å². The molecule has 1 fully saturated rings. The van der Waals surface area contributed by atoms with Crippen molar-refractivity contribution in [2.24, 2.45) is 5.92 Å². The molecule has 0 spiro atoms. The molecule has 21 heavy (non-hydrogen) atoms. The normalized spacial score (nSPS) is 14.3. The van der Waals surface area contributed by atoms with Crippen molar-refractivity contribution >= 4 is 17.7 Å². The number of carbonyl (C=O) groups is 1. The minimum absolute atomic E-state index is 0.269. The average Bonchev–Trinajstić information content (AvgIpc) is 3.28. The van der Waals surface area contributed by atoms with Crippen LogP contribution in [0.25, 0.3) is 0 Å². The molecular formula is C17H25NO2S.